The van der Waals surface area contributed by atoms with E-state index in [-0.39, 0.29) is 16.3 Å². The van der Waals surface area contributed by atoms with Crippen LogP contribution in [0.1, 0.15) is 11.7 Å². The highest BCUT2D eigenvalue weighted by atomic mass is 35.5. The lowest BCUT2D eigenvalue weighted by atomic mass is 10.1. The van der Waals surface area contributed by atoms with E-state index in [0.717, 1.165) is 18.2 Å². The van der Waals surface area contributed by atoms with Crippen molar-refractivity contribution in [2.75, 3.05) is 0 Å². The Labute approximate surface area is 94.0 Å². The van der Waals surface area contributed by atoms with Gasteiger partial charge in [-0.3, -0.25) is 0 Å². The molecule has 0 heterocycles. The first-order valence-electron chi connectivity index (χ1n) is 4.07. The van der Waals surface area contributed by atoms with Crippen LogP contribution >= 0.6 is 11.6 Å². The van der Waals surface area contributed by atoms with E-state index >= 15 is 0 Å². The molecule has 0 radical (unpaired) electrons. The molecule has 0 aliphatic heterocycles. The number of aliphatic hydroxyl groups is 1. The van der Waals surface area contributed by atoms with Gasteiger partial charge in [-0.2, -0.15) is 8.78 Å². The zero-order chi connectivity index (χ0) is 12.3. The summed E-state index contributed by atoms with van der Waals surface area (Å²) in [4.78, 5) is 10.4. The van der Waals surface area contributed by atoms with Crippen molar-refractivity contribution in [2.24, 2.45) is 0 Å². The first-order chi connectivity index (χ1) is 7.41. The van der Waals surface area contributed by atoms with Crippen LogP contribution in [0.15, 0.2) is 18.2 Å². The number of halogens is 3. The first kappa shape index (κ1) is 12.7. The van der Waals surface area contributed by atoms with Gasteiger partial charge in [0.1, 0.15) is 5.75 Å². The van der Waals surface area contributed by atoms with Gasteiger partial charge in [-0.15, -0.1) is 0 Å². The summed E-state index contributed by atoms with van der Waals surface area (Å²) in [6.07, 6.45) is -1.75. The summed E-state index contributed by atoms with van der Waals surface area (Å²) in [7, 11) is 0. The van der Waals surface area contributed by atoms with Crippen LogP contribution in [-0.2, 0) is 4.79 Å². The van der Waals surface area contributed by atoms with Crippen molar-refractivity contribution in [1.29, 1.82) is 0 Å². The third kappa shape index (κ3) is 3.04. The largest absolute Gasteiger partial charge is 0.479 e. The molecule has 0 bridgehead atoms. The van der Waals surface area contributed by atoms with Crippen LogP contribution in [-0.4, -0.2) is 22.8 Å². The number of rotatable bonds is 4. The molecule has 4 nitrogen and oxygen atoms in total. The fourth-order valence-electron chi connectivity index (χ4n) is 1.02. The number of ether oxygens (including phenoxy) is 1. The molecule has 1 rings (SSSR count). The van der Waals surface area contributed by atoms with Crippen molar-refractivity contribution in [3.63, 3.8) is 0 Å². The van der Waals surface area contributed by atoms with Gasteiger partial charge in [-0.25, -0.2) is 4.79 Å². The number of aliphatic hydroxyl groups excluding tert-OH is 1. The van der Waals surface area contributed by atoms with Crippen molar-refractivity contribution < 1.29 is 28.5 Å². The molecule has 1 unspecified atom stereocenters. The van der Waals surface area contributed by atoms with E-state index in [1.165, 1.54) is 0 Å². The Morgan fingerprint density at radius 2 is 2.06 bits per heavy atom. The quantitative estimate of drug-likeness (QED) is 0.861. The van der Waals surface area contributed by atoms with E-state index < -0.39 is 18.7 Å². The van der Waals surface area contributed by atoms with Gasteiger partial charge >= 0.3 is 12.6 Å². The van der Waals surface area contributed by atoms with Crippen LogP contribution in [0.2, 0.25) is 5.02 Å². The number of alkyl halides is 2. The minimum Gasteiger partial charge on any atom is -0.479 e. The third-order valence-corrected chi connectivity index (χ3v) is 2.02. The monoisotopic (exact) mass is 252 g/mol. The van der Waals surface area contributed by atoms with E-state index in [1.54, 1.807) is 0 Å². The van der Waals surface area contributed by atoms with Gasteiger partial charge in [-0.1, -0.05) is 17.7 Å². The molecule has 0 fully saturated rings. The molecule has 0 aliphatic rings. The molecule has 1 aromatic rings. The standard InChI is InChI=1S/C9H7ClF2O4/c10-5-3-4(7(13)8(14)15)1-2-6(5)16-9(11)12/h1-3,7,9,13H,(H,14,15). The number of carboxylic acid groups (broad SMARTS) is 1. The van der Waals surface area contributed by atoms with E-state index in [0.29, 0.717) is 0 Å². The molecular weight excluding hydrogens is 246 g/mol. The Balaban J connectivity index is 2.95. The van der Waals surface area contributed by atoms with Gasteiger partial charge in [0.2, 0.25) is 0 Å². The molecule has 88 valence electrons. The first-order valence-corrected chi connectivity index (χ1v) is 4.44. The molecule has 0 aromatic heterocycles. The number of aliphatic carboxylic acids is 1. The molecule has 0 saturated carbocycles. The minimum atomic E-state index is -3.02. The smallest absolute Gasteiger partial charge is 0.387 e. The Kier molecular flexibility index (Phi) is 4.03. The molecule has 1 atom stereocenters. The topological polar surface area (TPSA) is 66.8 Å². The van der Waals surface area contributed by atoms with E-state index in [9.17, 15) is 13.6 Å². The maximum atomic E-state index is 11.9. The van der Waals surface area contributed by atoms with Crippen molar-refractivity contribution in [3.05, 3.63) is 28.8 Å². The highest BCUT2D eigenvalue weighted by molar-refractivity contribution is 6.32. The normalized spacial score (nSPS) is 12.6. The Morgan fingerprint density at radius 3 is 2.50 bits per heavy atom. The third-order valence-electron chi connectivity index (χ3n) is 1.72. The number of hydrogen-bond donors (Lipinski definition) is 2. The maximum absolute atomic E-state index is 11.9. The zero-order valence-electron chi connectivity index (χ0n) is 7.73. The molecular formula is C9H7ClF2O4. The van der Waals surface area contributed by atoms with Crippen LogP contribution in [0, 0.1) is 0 Å². The lowest BCUT2D eigenvalue weighted by molar-refractivity contribution is -0.146. The SMILES string of the molecule is O=C(O)C(O)c1ccc(OC(F)F)c(Cl)c1. The highest BCUT2D eigenvalue weighted by Crippen LogP contribution is 2.29. The molecule has 7 heteroatoms. The fraction of sp³-hybridized carbons (Fsp3) is 0.222. The number of hydrogen-bond acceptors (Lipinski definition) is 3. The molecule has 0 amide bonds. The lowest BCUT2D eigenvalue weighted by Gasteiger charge is -2.10. The number of carbonyl (C=O) groups is 1. The molecule has 2 N–H and O–H groups in total. The molecule has 16 heavy (non-hydrogen) atoms. The Morgan fingerprint density at radius 1 is 1.44 bits per heavy atom. The molecule has 0 saturated heterocycles. The average Bonchev–Trinajstić information content (AvgIpc) is 2.19. The van der Waals surface area contributed by atoms with Crippen LogP contribution in [0.3, 0.4) is 0 Å². The van der Waals surface area contributed by atoms with E-state index in [2.05, 4.69) is 4.74 Å². The van der Waals surface area contributed by atoms with Gasteiger partial charge in [0, 0.05) is 0 Å². The number of carboxylic acids is 1. The fourth-order valence-corrected chi connectivity index (χ4v) is 1.25. The summed E-state index contributed by atoms with van der Waals surface area (Å²) in [6.45, 7) is -3.02. The second-order valence-electron chi connectivity index (χ2n) is 2.81. The van der Waals surface area contributed by atoms with Crippen molar-refractivity contribution in [1.82, 2.24) is 0 Å². The number of benzene rings is 1. The van der Waals surface area contributed by atoms with Crippen LogP contribution < -0.4 is 4.74 Å². The zero-order valence-corrected chi connectivity index (χ0v) is 8.49. The summed E-state index contributed by atoms with van der Waals surface area (Å²) in [5, 5.41) is 17.4. The summed E-state index contributed by atoms with van der Waals surface area (Å²) >= 11 is 5.56. The second-order valence-corrected chi connectivity index (χ2v) is 3.22. The van der Waals surface area contributed by atoms with Gasteiger partial charge in [0.25, 0.3) is 0 Å². The van der Waals surface area contributed by atoms with E-state index in [4.69, 9.17) is 21.8 Å². The summed E-state index contributed by atoms with van der Waals surface area (Å²) in [5.41, 5.74) is -0.0147. The van der Waals surface area contributed by atoms with Gasteiger partial charge in [0.05, 0.1) is 5.02 Å². The van der Waals surface area contributed by atoms with Gasteiger partial charge < -0.3 is 14.9 Å². The van der Waals surface area contributed by atoms with Crippen LogP contribution in [0.4, 0.5) is 8.78 Å². The van der Waals surface area contributed by atoms with E-state index in [1.807, 2.05) is 0 Å². The molecule has 0 spiro atoms. The summed E-state index contributed by atoms with van der Waals surface area (Å²) in [5.74, 6) is -1.74. The Bertz CT molecular complexity index is 397. The van der Waals surface area contributed by atoms with Crippen LogP contribution in [0.5, 0.6) is 5.75 Å². The highest BCUT2D eigenvalue weighted by Gasteiger charge is 2.18. The predicted molar refractivity (Wildman–Crippen MR) is 50.7 cm³/mol. The average molecular weight is 253 g/mol. The molecule has 0 aliphatic carbocycles. The van der Waals surface area contributed by atoms with Crippen molar-refractivity contribution in [3.8, 4) is 5.75 Å². The van der Waals surface area contributed by atoms with Gasteiger partial charge in [-0.05, 0) is 17.7 Å². The predicted octanol–water partition coefficient (Wildman–Crippen LogP) is 2.06. The lowest BCUT2D eigenvalue weighted by Crippen LogP contribution is -2.10. The second kappa shape index (κ2) is 5.09. The van der Waals surface area contributed by atoms with Crippen molar-refractivity contribution >= 4 is 17.6 Å². The maximum Gasteiger partial charge on any atom is 0.387 e. The summed E-state index contributed by atoms with van der Waals surface area (Å²) in [6, 6.07) is 3.26. The summed E-state index contributed by atoms with van der Waals surface area (Å²) < 4.78 is 27.8. The Hall–Kier alpha value is -1.40. The minimum absolute atomic E-state index is 0.0147. The molecule has 1 aromatic carbocycles. The van der Waals surface area contributed by atoms with Crippen LogP contribution in [0.25, 0.3) is 0 Å². The van der Waals surface area contributed by atoms with Gasteiger partial charge in [0.15, 0.2) is 6.10 Å². The van der Waals surface area contributed by atoms with Crippen molar-refractivity contribution in [2.45, 2.75) is 12.7 Å².